The zero-order valence-electron chi connectivity index (χ0n) is 18.5. The number of hydrogen-bond acceptors (Lipinski definition) is 4. The van der Waals surface area contributed by atoms with Crippen LogP contribution in [-0.2, 0) is 25.5 Å². The Morgan fingerprint density at radius 2 is 1.62 bits per heavy atom. The summed E-state index contributed by atoms with van der Waals surface area (Å²) in [6, 6.07) is 8.86. The number of hydrogen-bond donors (Lipinski definition) is 2. The predicted molar refractivity (Wildman–Crippen MR) is 112 cm³/mol. The maximum absolute atomic E-state index is 12.9. The van der Waals surface area contributed by atoms with Gasteiger partial charge in [0.05, 0.1) is 6.42 Å². The van der Waals surface area contributed by atoms with Crippen LogP contribution in [0.25, 0.3) is 0 Å². The van der Waals surface area contributed by atoms with Crippen molar-refractivity contribution in [3.8, 4) is 0 Å². The van der Waals surface area contributed by atoms with Crippen LogP contribution in [-0.4, -0.2) is 34.6 Å². The van der Waals surface area contributed by atoms with E-state index in [9.17, 15) is 19.5 Å². The van der Waals surface area contributed by atoms with Crippen LogP contribution in [0.1, 0.15) is 66.4 Å². The number of nitrogens with one attached hydrogen (secondary N) is 1. The van der Waals surface area contributed by atoms with Crippen LogP contribution in [0.5, 0.6) is 0 Å². The van der Waals surface area contributed by atoms with E-state index in [0.717, 1.165) is 12.0 Å². The summed E-state index contributed by atoms with van der Waals surface area (Å²) in [6.07, 6.45) is 1.88. The van der Waals surface area contributed by atoms with E-state index >= 15 is 0 Å². The summed E-state index contributed by atoms with van der Waals surface area (Å²) in [7, 11) is 0. The van der Waals surface area contributed by atoms with Crippen molar-refractivity contribution in [1.82, 2.24) is 5.32 Å². The van der Waals surface area contributed by atoms with Crippen molar-refractivity contribution in [3.05, 3.63) is 35.9 Å². The van der Waals surface area contributed by atoms with Crippen LogP contribution in [0.4, 0.5) is 0 Å². The molecule has 0 heterocycles. The van der Waals surface area contributed by atoms with E-state index in [0.29, 0.717) is 12.8 Å². The highest BCUT2D eigenvalue weighted by Crippen LogP contribution is 2.22. The number of ether oxygens (including phenoxy) is 1. The van der Waals surface area contributed by atoms with Gasteiger partial charge in [0.25, 0.3) is 0 Å². The molecule has 6 nitrogen and oxygen atoms in total. The Morgan fingerprint density at radius 1 is 1.03 bits per heavy atom. The molecule has 29 heavy (non-hydrogen) atoms. The number of carbonyl (C=O) groups excluding carboxylic acids is 2. The van der Waals surface area contributed by atoms with Gasteiger partial charge in [0.2, 0.25) is 5.91 Å². The van der Waals surface area contributed by atoms with E-state index < -0.39 is 40.8 Å². The second kappa shape index (κ2) is 10.4. The molecule has 0 bridgehead atoms. The van der Waals surface area contributed by atoms with Crippen LogP contribution in [0.3, 0.4) is 0 Å². The number of amides is 1. The lowest BCUT2D eigenvalue weighted by atomic mass is 9.86. The highest BCUT2D eigenvalue weighted by Gasteiger charge is 2.35. The highest BCUT2D eigenvalue weighted by atomic mass is 16.6. The van der Waals surface area contributed by atoms with Gasteiger partial charge < -0.3 is 15.2 Å². The number of rotatable bonds is 9. The van der Waals surface area contributed by atoms with Gasteiger partial charge in [0.15, 0.2) is 0 Å². The number of benzene rings is 1. The van der Waals surface area contributed by atoms with Crippen molar-refractivity contribution in [1.29, 1.82) is 0 Å². The Hall–Kier alpha value is -2.37. The van der Waals surface area contributed by atoms with Crippen molar-refractivity contribution < 1.29 is 24.2 Å². The molecule has 0 spiro atoms. The van der Waals surface area contributed by atoms with Gasteiger partial charge in [0.1, 0.15) is 11.6 Å². The number of carbonyl (C=O) groups is 3. The smallest absolute Gasteiger partial charge is 0.326 e. The molecular weight excluding hydrogens is 370 g/mol. The standard InChI is InChI=1S/C23H35NO5/c1-22(2,3)19(21(27)28)24-20(26)17(15-18(25)29-23(4,5)6)14-10-13-16-11-8-7-9-12-16/h7-9,11-12,17,19H,10,13-15H2,1-6H3,(H,24,26)(H,27,28)/t17-,19-/m1/s1. The normalized spacial score (nSPS) is 14.0. The zero-order valence-corrected chi connectivity index (χ0v) is 18.5. The van der Waals surface area contributed by atoms with E-state index in [1.54, 1.807) is 41.5 Å². The molecule has 0 saturated heterocycles. The first-order chi connectivity index (χ1) is 13.3. The minimum atomic E-state index is -1.09. The summed E-state index contributed by atoms with van der Waals surface area (Å²) in [5.74, 6) is -2.62. The molecule has 0 saturated carbocycles. The second-order valence-electron chi connectivity index (χ2n) is 9.51. The molecular formula is C23H35NO5. The molecule has 0 unspecified atom stereocenters. The fourth-order valence-corrected chi connectivity index (χ4v) is 3.02. The molecule has 162 valence electrons. The first kappa shape index (κ1) is 24.7. The molecule has 1 aromatic rings. The number of aliphatic carboxylic acids is 1. The number of carboxylic acid groups (broad SMARTS) is 1. The SMILES string of the molecule is CC(C)(C)OC(=O)C[C@@H](CCCc1ccccc1)C(=O)N[C@H](C(=O)O)C(C)(C)C. The van der Waals surface area contributed by atoms with E-state index in [4.69, 9.17) is 4.74 Å². The number of carboxylic acids is 1. The molecule has 1 amide bonds. The molecule has 0 radical (unpaired) electrons. The Balaban J connectivity index is 2.85. The van der Waals surface area contributed by atoms with Crippen LogP contribution in [0, 0.1) is 11.3 Å². The van der Waals surface area contributed by atoms with Crippen molar-refractivity contribution in [2.75, 3.05) is 0 Å². The minimum absolute atomic E-state index is 0.0750. The monoisotopic (exact) mass is 405 g/mol. The lowest BCUT2D eigenvalue weighted by Crippen LogP contribution is -2.51. The molecule has 0 fully saturated rings. The molecule has 6 heteroatoms. The number of esters is 1. The fourth-order valence-electron chi connectivity index (χ4n) is 3.02. The Morgan fingerprint density at radius 3 is 2.10 bits per heavy atom. The summed E-state index contributed by atoms with van der Waals surface area (Å²) in [5.41, 5.74) is -0.138. The summed E-state index contributed by atoms with van der Waals surface area (Å²) < 4.78 is 5.37. The van der Waals surface area contributed by atoms with E-state index in [1.807, 2.05) is 30.3 Å². The average molecular weight is 406 g/mol. The molecule has 2 N–H and O–H groups in total. The summed E-state index contributed by atoms with van der Waals surface area (Å²) in [6.45, 7) is 10.6. The zero-order chi connectivity index (χ0) is 22.2. The van der Waals surface area contributed by atoms with Gasteiger partial charge in [0, 0.05) is 5.92 Å². The molecule has 0 aliphatic heterocycles. The maximum Gasteiger partial charge on any atom is 0.326 e. The van der Waals surface area contributed by atoms with Crippen LogP contribution in [0.2, 0.25) is 0 Å². The molecule has 2 atom stereocenters. The topological polar surface area (TPSA) is 92.7 Å². The van der Waals surface area contributed by atoms with Gasteiger partial charge in [-0.05, 0) is 51.0 Å². The molecule has 0 aliphatic rings. The van der Waals surface area contributed by atoms with Gasteiger partial charge in [-0.3, -0.25) is 9.59 Å². The van der Waals surface area contributed by atoms with E-state index in [2.05, 4.69) is 5.32 Å². The van der Waals surface area contributed by atoms with Crippen molar-refractivity contribution in [2.45, 2.75) is 78.9 Å². The largest absolute Gasteiger partial charge is 0.480 e. The predicted octanol–water partition coefficient (Wildman–Crippen LogP) is 3.97. The molecule has 0 aliphatic carbocycles. The average Bonchev–Trinajstić information content (AvgIpc) is 2.56. The molecule has 1 aromatic carbocycles. The summed E-state index contributed by atoms with van der Waals surface area (Å²) >= 11 is 0. The van der Waals surface area contributed by atoms with E-state index in [-0.39, 0.29) is 6.42 Å². The maximum atomic E-state index is 12.9. The lowest BCUT2D eigenvalue weighted by molar-refractivity contribution is -0.157. The first-order valence-corrected chi connectivity index (χ1v) is 10.1. The van der Waals surface area contributed by atoms with Gasteiger partial charge in [-0.2, -0.15) is 0 Å². The third kappa shape index (κ3) is 9.59. The van der Waals surface area contributed by atoms with Crippen LogP contribution >= 0.6 is 0 Å². The highest BCUT2D eigenvalue weighted by molar-refractivity contribution is 5.88. The Kier molecular flexibility index (Phi) is 8.86. The van der Waals surface area contributed by atoms with Crippen molar-refractivity contribution >= 4 is 17.8 Å². The third-order valence-electron chi connectivity index (χ3n) is 4.46. The van der Waals surface area contributed by atoms with Gasteiger partial charge in [-0.25, -0.2) is 4.79 Å². The number of aryl methyl sites for hydroxylation is 1. The van der Waals surface area contributed by atoms with Crippen LogP contribution in [0.15, 0.2) is 30.3 Å². The Labute approximate surface area is 174 Å². The van der Waals surface area contributed by atoms with Gasteiger partial charge in [-0.15, -0.1) is 0 Å². The van der Waals surface area contributed by atoms with Gasteiger partial charge in [-0.1, -0.05) is 51.1 Å². The molecule has 0 aromatic heterocycles. The lowest BCUT2D eigenvalue weighted by Gasteiger charge is -2.29. The van der Waals surface area contributed by atoms with Gasteiger partial charge >= 0.3 is 11.9 Å². The quantitative estimate of drug-likeness (QED) is 0.606. The first-order valence-electron chi connectivity index (χ1n) is 10.1. The Bertz CT molecular complexity index is 685. The van der Waals surface area contributed by atoms with Crippen LogP contribution < -0.4 is 5.32 Å². The second-order valence-corrected chi connectivity index (χ2v) is 9.51. The summed E-state index contributed by atoms with van der Waals surface area (Å²) in [5, 5.41) is 12.1. The minimum Gasteiger partial charge on any atom is -0.480 e. The molecule has 1 rings (SSSR count). The summed E-state index contributed by atoms with van der Waals surface area (Å²) in [4.78, 5) is 36.8. The van der Waals surface area contributed by atoms with E-state index in [1.165, 1.54) is 0 Å². The van der Waals surface area contributed by atoms with Crippen molar-refractivity contribution in [2.24, 2.45) is 11.3 Å². The third-order valence-corrected chi connectivity index (χ3v) is 4.46. The van der Waals surface area contributed by atoms with Crippen molar-refractivity contribution in [3.63, 3.8) is 0 Å². The fraction of sp³-hybridized carbons (Fsp3) is 0.609.